The SMILES string of the molecule is Cc1nn(CCOC(F)F)c(C)c1-c1ccc(-c2cnc(C(=O)Nc3ccc(C(=O)N4CCN(C(=O)C5C[C@@H](O)C[N+]5(C)C)CC4)c(Cl)c3)n2C)c(F)c1F. The van der Waals surface area contributed by atoms with Gasteiger partial charge in [-0.3, -0.25) is 19.1 Å². The number of likely N-dealkylation sites (tertiary alicyclic amines) is 1. The summed E-state index contributed by atoms with van der Waals surface area (Å²) in [6.45, 7) is 1.76. The normalized spacial score (nSPS) is 18.3. The number of likely N-dealkylation sites (N-methyl/N-ethyl adjacent to an activating group) is 1. The minimum absolute atomic E-state index is 0.0119. The van der Waals surface area contributed by atoms with E-state index in [1.54, 1.807) is 23.6 Å². The van der Waals surface area contributed by atoms with Gasteiger partial charge < -0.3 is 34.0 Å². The Morgan fingerprint density at radius 3 is 2.33 bits per heavy atom. The number of aryl methyl sites for hydroxylation is 1. The fourth-order valence-corrected chi connectivity index (χ4v) is 7.76. The highest BCUT2D eigenvalue weighted by Gasteiger charge is 2.46. The Hall–Kier alpha value is -4.84. The Balaban J connectivity index is 1.10. The maximum atomic E-state index is 15.7. The van der Waals surface area contributed by atoms with Gasteiger partial charge >= 0.3 is 6.61 Å². The number of nitrogens with zero attached hydrogens (tertiary/aromatic N) is 7. The molecule has 0 saturated carbocycles. The largest absolute Gasteiger partial charge is 0.387 e. The van der Waals surface area contributed by atoms with Crippen molar-refractivity contribution >= 4 is 35.0 Å². The molecule has 0 spiro atoms. The van der Waals surface area contributed by atoms with Crippen molar-refractivity contribution in [3.8, 4) is 22.4 Å². The number of quaternary nitrogens is 1. The number of rotatable bonds is 10. The van der Waals surface area contributed by atoms with E-state index in [4.69, 9.17) is 11.6 Å². The molecule has 4 heterocycles. The molecule has 2 atom stereocenters. The molecule has 2 N–H and O–H groups in total. The lowest BCUT2D eigenvalue weighted by molar-refractivity contribution is -0.894. The van der Waals surface area contributed by atoms with E-state index in [9.17, 15) is 28.3 Å². The average Bonchev–Trinajstić information content (AvgIpc) is 3.74. The zero-order valence-corrected chi connectivity index (χ0v) is 31.7. The van der Waals surface area contributed by atoms with Gasteiger partial charge in [-0.15, -0.1) is 0 Å². The first-order valence-electron chi connectivity index (χ1n) is 17.6. The second kappa shape index (κ2) is 15.7. The van der Waals surface area contributed by atoms with Crippen LogP contribution in [0.15, 0.2) is 36.5 Å². The number of ether oxygens (including phenoxy) is 1. The molecule has 3 amide bonds. The number of anilines is 1. The lowest BCUT2D eigenvalue weighted by atomic mass is 10.00. The average molecular weight is 790 g/mol. The molecule has 2 aromatic carbocycles. The third-order valence-corrected chi connectivity index (χ3v) is 10.7. The van der Waals surface area contributed by atoms with Gasteiger partial charge in [-0.05, 0) is 38.1 Å². The standard InChI is InChI=1S/C37H41ClF4N8O5/c1-20-30(21(2)49(45-20)14-15-55-37(41)42)26-9-8-25(31(39)32(26)40)28-18-43-33(46(28)3)34(52)44-22-6-7-24(27(38)16-22)35(53)47-10-12-48(13-11-47)36(54)29-17-23(51)19-50(29,4)5/h6-9,16,18,23,29,37,51H,10-15,17,19H2,1-5H3/p+1/t23-,29?/m1/s1. The van der Waals surface area contributed by atoms with Gasteiger partial charge in [-0.25, -0.2) is 13.8 Å². The number of piperazine rings is 1. The summed E-state index contributed by atoms with van der Waals surface area (Å²) >= 11 is 6.52. The Morgan fingerprint density at radius 1 is 1.04 bits per heavy atom. The van der Waals surface area contributed by atoms with Crippen molar-refractivity contribution in [2.75, 3.05) is 58.7 Å². The topological polar surface area (TPSA) is 135 Å². The highest BCUT2D eigenvalue weighted by atomic mass is 35.5. The summed E-state index contributed by atoms with van der Waals surface area (Å²) in [7, 11) is 5.33. The quantitative estimate of drug-likeness (QED) is 0.179. The second-order valence-corrected chi connectivity index (χ2v) is 14.8. The number of nitrogens with one attached hydrogen (secondary N) is 1. The minimum Gasteiger partial charge on any atom is -0.387 e. The van der Waals surface area contributed by atoms with E-state index in [-0.39, 0.29) is 69.9 Å². The summed E-state index contributed by atoms with van der Waals surface area (Å²) in [5.74, 6) is -3.49. The lowest BCUT2D eigenvalue weighted by Gasteiger charge is -2.38. The van der Waals surface area contributed by atoms with E-state index < -0.39 is 30.3 Å². The monoisotopic (exact) mass is 789 g/mol. The molecule has 2 saturated heterocycles. The van der Waals surface area contributed by atoms with Crippen LogP contribution in [0.2, 0.25) is 5.02 Å². The molecule has 55 heavy (non-hydrogen) atoms. The predicted molar refractivity (Wildman–Crippen MR) is 194 cm³/mol. The Kier molecular flexibility index (Phi) is 11.4. The van der Waals surface area contributed by atoms with Gasteiger partial charge in [0.1, 0.15) is 12.6 Å². The molecule has 0 bridgehead atoms. The van der Waals surface area contributed by atoms with Gasteiger partial charge in [-0.2, -0.15) is 13.9 Å². The summed E-state index contributed by atoms with van der Waals surface area (Å²) in [4.78, 5) is 47.4. The van der Waals surface area contributed by atoms with Crippen LogP contribution in [-0.4, -0.2) is 129 Å². The van der Waals surface area contributed by atoms with Gasteiger partial charge in [0, 0.05) is 67.7 Å². The molecule has 0 aliphatic carbocycles. The molecular weight excluding hydrogens is 748 g/mol. The molecule has 6 rings (SSSR count). The first-order valence-corrected chi connectivity index (χ1v) is 18.0. The molecular formula is C37H42ClF4N8O5+. The summed E-state index contributed by atoms with van der Waals surface area (Å²) in [5.41, 5.74) is 1.50. The van der Waals surface area contributed by atoms with E-state index in [0.717, 1.165) is 0 Å². The zero-order chi connectivity index (χ0) is 39.9. The number of hydrogen-bond donors (Lipinski definition) is 2. The highest BCUT2D eigenvalue weighted by Crippen LogP contribution is 2.35. The molecule has 1 unspecified atom stereocenters. The van der Waals surface area contributed by atoms with Crippen molar-refractivity contribution in [3.05, 3.63) is 76.0 Å². The molecule has 2 fully saturated rings. The third-order valence-electron chi connectivity index (χ3n) is 10.4. The fourth-order valence-electron chi connectivity index (χ4n) is 7.50. The second-order valence-electron chi connectivity index (χ2n) is 14.3. The van der Waals surface area contributed by atoms with Crippen molar-refractivity contribution in [1.82, 2.24) is 29.1 Å². The van der Waals surface area contributed by atoms with E-state index in [1.165, 1.54) is 52.8 Å². The molecule has 4 aromatic rings. The number of aliphatic hydroxyl groups is 1. The Bertz CT molecular complexity index is 2130. The minimum atomic E-state index is -2.94. The van der Waals surface area contributed by atoms with Gasteiger partial charge in [0.15, 0.2) is 23.5 Å². The van der Waals surface area contributed by atoms with E-state index in [0.29, 0.717) is 60.6 Å². The van der Waals surface area contributed by atoms with Crippen molar-refractivity contribution in [1.29, 1.82) is 0 Å². The number of aliphatic hydroxyl groups excluding tert-OH is 1. The van der Waals surface area contributed by atoms with Crippen LogP contribution in [0.4, 0.5) is 23.2 Å². The molecule has 2 aliphatic heterocycles. The highest BCUT2D eigenvalue weighted by molar-refractivity contribution is 6.34. The predicted octanol–water partition coefficient (Wildman–Crippen LogP) is 4.48. The summed E-state index contributed by atoms with van der Waals surface area (Å²) in [5, 5.41) is 17.1. The van der Waals surface area contributed by atoms with Crippen LogP contribution in [0, 0.1) is 25.5 Å². The van der Waals surface area contributed by atoms with Crippen molar-refractivity contribution in [2.24, 2.45) is 7.05 Å². The number of halogens is 5. The fraction of sp³-hybridized carbons (Fsp3) is 0.432. The summed E-state index contributed by atoms with van der Waals surface area (Å²) in [6, 6.07) is 6.83. The maximum Gasteiger partial charge on any atom is 0.345 e. The first kappa shape index (κ1) is 39.8. The number of carbonyl (C=O) groups is 3. The van der Waals surface area contributed by atoms with E-state index >= 15 is 8.78 Å². The van der Waals surface area contributed by atoms with Crippen molar-refractivity contribution < 1.29 is 46.3 Å². The van der Waals surface area contributed by atoms with Crippen LogP contribution in [0.3, 0.4) is 0 Å². The van der Waals surface area contributed by atoms with Gasteiger partial charge in [0.2, 0.25) is 0 Å². The number of hydrogen-bond acceptors (Lipinski definition) is 7. The van der Waals surface area contributed by atoms with Crippen LogP contribution >= 0.6 is 11.6 Å². The zero-order valence-electron chi connectivity index (χ0n) is 31.0. The van der Waals surface area contributed by atoms with E-state index in [1.807, 2.05) is 14.1 Å². The molecule has 2 aliphatic rings. The van der Waals surface area contributed by atoms with Crippen molar-refractivity contribution in [3.63, 3.8) is 0 Å². The number of carbonyl (C=O) groups excluding carboxylic acids is 3. The Labute approximate surface area is 319 Å². The van der Waals surface area contributed by atoms with Crippen LogP contribution in [0.5, 0.6) is 0 Å². The molecule has 18 heteroatoms. The molecule has 2 aromatic heterocycles. The Morgan fingerprint density at radius 2 is 1.69 bits per heavy atom. The molecule has 0 radical (unpaired) electrons. The lowest BCUT2D eigenvalue weighted by Crippen LogP contribution is -2.58. The number of benzene rings is 2. The van der Waals surface area contributed by atoms with Crippen molar-refractivity contribution in [2.45, 2.75) is 45.6 Å². The number of aromatic nitrogens is 4. The van der Waals surface area contributed by atoms with Crippen LogP contribution in [-0.2, 0) is 23.1 Å². The number of alkyl halides is 2. The molecule has 13 nitrogen and oxygen atoms in total. The molecule has 294 valence electrons. The maximum absolute atomic E-state index is 15.7. The van der Waals surface area contributed by atoms with Gasteiger partial charge in [0.05, 0.1) is 55.4 Å². The number of imidazole rings is 1. The summed E-state index contributed by atoms with van der Waals surface area (Å²) in [6.07, 6.45) is 1.12. The third kappa shape index (κ3) is 7.97. The van der Waals surface area contributed by atoms with Crippen LogP contribution in [0.1, 0.15) is 38.8 Å². The smallest absolute Gasteiger partial charge is 0.345 e. The van der Waals surface area contributed by atoms with Crippen LogP contribution in [0.25, 0.3) is 22.4 Å². The van der Waals surface area contributed by atoms with E-state index in [2.05, 4.69) is 20.1 Å². The van der Waals surface area contributed by atoms with Gasteiger partial charge in [0.25, 0.3) is 17.7 Å². The van der Waals surface area contributed by atoms with Crippen LogP contribution < -0.4 is 5.32 Å². The number of amides is 3. The first-order chi connectivity index (χ1) is 26.0. The van der Waals surface area contributed by atoms with Gasteiger partial charge in [-0.1, -0.05) is 17.7 Å². The summed E-state index contributed by atoms with van der Waals surface area (Å²) < 4.78 is 63.5.